The molecule has 1 aromatic heterocycles. The Morgan fingerprint density at radius 2 is 1.74 bits per heavy atom. The molecule has 0 fully saturated rings. The highest BCUT2D eigenvalue weighted by molar-refractivity contribution is 6.04. The average molecular weight is 371 g/mol. The molecule has 0 spiro atoms. The molecule has 138 valence electrons. The van der Waals surface area contributed by atoms with Gasteiger partial charge in [-0.25, -0.2) is 18.2 Å². The van der Waals surface area contributed by atoms with Crippen molar-refractivity contribution in [1.29, 1.82) is 0 Å². The zero-order chi connectivity index (χ0) is 19.4. The van der Waals surface area contributed by atoms with Gasteiger partial charge in [0, 0.05) is 18.3 Å². The first kappa shape index (κ1) is 18.4. The molecule has 1 amide bonds. The topological polar surface area (TPSA) is 54.0 Å². The Hall–Kier alpha value is -3.35. The fraction of sp³-hybridized carbons (Fsp3) is 0.100. The predicted octanol–water partition coefficient (Wildman–Crippen LogP) is 4.67. The van der Waals surface area contributed by atoms with Gasteiger partial charge in [-0.2, -0.15) is 0 Å². The molecule has 0 saturated carbocycles. The third kappa shape index (κ3) is 4.44. The van der Waals surface area contributed by atoms with E-state index in [1.165, 1.54) is 18.3 Å². The Morgan fingerprint density at radius 1 is 1.00 bits per heavy atom. The molecule has 0 radical (unpaired) electrons. The quantitative estimate of drug-likeness (QED) is 0.641. The van der Waals surface area contributed by atoms with Crippen molar-refractivity contribution in [2.75, 3.05) is 10.6 Å². The number of amides is 1. The monoisotopic (exact) mass is 371 g/mol. The van der Waals surface area contributed by atoms with Crippen molar-refractivity contribution >= 4 is 17.4 Å². The number of aryl methyl sites for hydroxylation is 1. The summed E-state index contributed by atoms with van der Waals surface area (Å²) in [4.78, 5) is 16.4. The van der Waals surface area contributed by atoms with Gasteiger partial charge in [-0.1, -0.05) is 29.8 Å². The van der Waals surface area contributed by atoms with Crippen molar-refractivity contribution in [3.8, 4) is 0 Å². The first-order chi connectivity index (χ1) is 12.9. The van der Waals surface area contributed by atoms with E-state index < -0.39 is 29.0 Å². The van der Waals surface area contributed by atoms with Crippen molar-refractivity contribution in [1.82, 2.24) is 4.98 Å². The maximum absolute atomic E-state index is 13.7. The van der Waals surface area contributed by atoms with Crippen LogP contribution >= 0.6 is 0 Å². The third-order valence-corrected chi connectivity index (χ3v) is 3.90. The Bertz CT molecular complexity index is 975. The van der Waals surface area contributed by atoms with Gasteiger partial charge in [-0.3, -0.25) is 4.79 Å². The highest BCUT2D eigenvalue weighted by Crippen LogP contribution is 2.20. The second-order valence-corrected chi connectivity index (χ2v) is 5.95. The van der Waals surface area contributed by atoms with Gasteiger partial charge >= 0.3 is 0 Å². The van der Waals surface area contributed by atoms with Crippen LogP contribution in [0.3, 0.4) is 0 Å². The zero-order valence-electron chi connectivity index (χ0n) is 14.4. The van der Waals surface area contributed by atoms with Crippen LogP contribution in [0.2, 0.25) is 0 Å². The summed E-state index contributed by atoms with van der Waals surface area (Å²) in [5, 5.41) is 5.32. The summed E-state index contributed by atoms with van der Waals surface area (Å²) in [7, 11) is 0. The van der Waals surface area contributed by atoms with E-state index in [9.17, 15) is 18.0 Å². The summed E-state index contributed by atoms with van der Waals surface area (Å²) in [6.07, 6.45) is 1.42. The average Bonchev–Trinajstić information content (AvgIpc) is 2.68. The van der Waals surface area contributed by atoms with E-state index in [1.807, 2.05) is 31.2 Å². The predicted molar refractivity (Wildman–Crippen MR) is 97.0 cm³/mol. The maximum Gasteiger partial charge on any atom is 0.255 e. The molecule has 0 saturated heterocycles. The molecule has 0 aliphatic rings. The summed E-state index contributed by atoms with van der Waals surface area (Å²) >= 11 is 0. The Kier molecular flexibility index (Phi) is 5.40. The number of halogens is 3. The molecule has 0 atom stereocenters. The third-order valence-electron chi connectivity index (χ3n) is 3.90. The zero-order valence-corrected chi connectivity index (χ0v) is 14.4. The summed E-state index contributed by atoms with van der Waals surface area (Å²) in [6.45, 7) is 2.51. The molecule has 0 aliphatic heterocycles. The normalized spacial score (nSPS) is 10.5. The first-order valence-corrected chi connectivity index (χ1v) is 8.14. The SMILES string of the molecule is Cc1ccc(CNc2cc(C(=O)Nc3ccc(F)c(F)c3F)ccn2)cc1. The number of aromatic nitrogens is 1. The van der Waals surface area contributed by atoms with Crippen molar-refractivity contribution < 1.29 is 18.0 Å². The molecular weight excluding hydrogens is 355 g/mol. The van der Waals surface area contributed by atoms with Crippen LogP contribution in [0, 0.1) is 24.4 Å². The number of carbonyl (C=O) groups is 1. The number of benzene rings is 2. The van der Waals surface area contributed by atoms with Gasteiger partial charge in [0.1, 0.15) is 5.82 Å². The Balaban J connectivity index is 1.70. The van der Waals surface area contributed by atoms with Gasteiger partial charge in [-0.05, 0) is 36.8 Å². The van der Waals surface area contributed by atoms with Crippen molar-refractivity contribution in [2.45, 2.75) is 13.5 Å². The second-order valence-electron chi connectivity index (χ2n) is 5.95. The Morgan fingerprint density at radius 3 is 2.48 bits per heavy atom. The van der Waals surface area contributed by atoms with E-state index >= 15 is 0 Å². The van der Waals surface area contributed by atoms with Crippen LogP contribution in [0.1, 0.15) is 21.5 Å². The molecule has 0 unspecified atom stereocenters. The molecule has 4 nitrogen and oxygen atoms in total. The molecule has 0 aliphatic carbocycles. The lowest BCUT2D eigenvalue weighted by atomic mass is 10.1. The van der Waals surface area contributed by atoms with Crippen LogP contribution in [-0.2, 0) is 6.54 Å². The number of anilines is 2. The first-order valence-electron chi connectivity index (χ1n) is 8.14. The van der Waals surface area contributed by atoms with E-state index in [-0.39, 0.29) is 5.56 Å². The van der Waals surface area contributed by atoms with Crippen LogP contribution in [0.4, 0.5) is 24.7 Å². The number of hydrogen-bond acceptors (Lipinski definition) is 3. The lowest BCUT2D eigenvalue weighted by Gasteiger charge is -2.09. The molecule has 27 heavy (non-hydrogen) atoms. The lowest BCUT2D eigenvalue weighted by molar-refractivity contribution is 0.102. The minimum absolute atomic E-state index is 0.195. The summed E-state index contributed by atoms with van der Waals surface area (Å²) in [6, 6.07) is 12.6. The highest BCUT2D eigenvalue weighted by Gasteiger charge is 2.16. The van der Waals surface area contributed by atoms with E-state index in [2.05, 4.69) is 15.6 Å². The molecule has 1 heterocycles. The summed E-state index contributed by atoms with van der Waals surface area (Å²) in [5.41, 5.74) is 1.95. The summed E-state index contributed by atoms with van der Waals surface area (Å²) in [5.74, 6) is -4.62. The van der Waals surface area contributed by atoms with Gasteiger partial charge < -0.3 is 10.6 Å². The summed E-state index contributed by atoms with van der Waals surface area (Å²) < 4.78 is 39.9. The van der Waals surface area contributed by atoms with Gasteiger partial charge in [0.15, 0.2) is 17.5 Å². The minimum atomic E-state index is -1.64. The molecule has 0 bridgehead atoms. The van der Waals surface area contributed by atoms with Crippen LogP contribution in [-0.4, -0.2) is 10.9 Å². The van der Waals surface area contributed by atoms with Crippen molar-refractivity contribution in [3.63, 3.8) is 0 Å². The minimum Gasteiger partial charge on any atom is -0.366 e. The van der Waals surface area contributed by atoms with Crippen LogP contribution in [0.5, 0.6) is 0 Å². The van der Waals surface area contributed by atoms with Crippen LogP contribution in [0.25, 0.3) is 0 Å². The Labute approximate surface area is 154 Å². The highest BCUT2D eigenvalue weighted by atomic mass is 19.2. The second kappa shape index (κ2) is 7.90. The van der Waals surface area contributed by atoms with E-state index in [0.717, 1.165) is 23.3 Å². The van der Waals surface area contributed by atoms with Gasteiger partial charge in [-0.15, -0.1) is 0 Å². The number of nitrogens with one attached hydrogen (secondary N) is 2. The number of carbonyl (C=O) groups excluding carboxylic acids is 1. The fourth-order valence-corrected chi connectivity index (χ4v) is 2.38. The molecule has 3 aromatic rings. The van der Waals surface area contributed by atoms with Gasteiger partial charge in [0.25, 0.3) is 5.91 Å². The fourth-order valence-electron chi connectivity index (χ4n) is 2.38. The lowest BCUT2D eigenvalue weighted by Crippen LogP contribution is -2.14. The number of rotatable bonds is 5. The van der Waals surface area contributed by atoms with E-state index in [0.29, 0.717) is 12.4 Å². The maximum atomic E-state index is 13.7. The molecule has 3 rings (SSSR count). The molecule has 2 aromatic carbocycles. The van der Waals surface area contributed by atoms with Crippen molar-refractivity contribution in [2.24, 2.45) is 0 Å². The van der Waals surface area contributed by atoms with E-state index in [4.69, 9.17) is 0 Å². The molecule has 2 N–H and O–H groups in total. The molecular formula is C20H16F3N3O. The largest absolute Gasteiger partial charge is 0.366 e. The smallest absolute Gasteiger partial charge is 0.255 e. The standard InChI is InChI=1S/C20H16F3N3O/c1-12-2-4-13(5-3-12)11-25-17-10-14(8-9-24-17)20(27)26-16-7-6-15(21)18(22)19(16)23/h2-10H,11H2,1H3,(H,24,25)(H,26,27). The number of hydrogen-bond donors (Lipinski definition) is 2. The molecule has 7 heteroatoms. The number of pyridine rings is 1. The van der Waals surface area contributed by atoms with Gasteiger partial charge in [0.05, 0.1) is 5.69 Å². The van der Waals surface area contributed by atoms with E-state index in [1.54, 1.807) is 0 Å². The van der Waals surface area contributed by atoms with Crippen molar-refractivity contribution in [3.05, 3.63) is 88.9 Å². The van der Waals surface area contributed by atoms with Crippen LogP contribution in [0.15, 0.2) is 54.7 Å². The number of nitrogens with zero attached hydrogens (tertiary/aromatic N) is 1. The van der Waals surface area contributed by atoms with Crippen LogP contribution < -0.4 is 10.6 Å². The van der Waals surface area contributed by atoms with Gasteiger partial charge in [0.2, 0.25) is 0 Å².